The van der Waals surface area contributed by atoms with Crippen LogP contribution in [0.4, 0.5) is 10.1 Å². The van der Waals surface area contributed by atoms with Crippen LogP contribution in [0.1, 0.15) is 25.7 Å². The molecule has 0 saturated heterocycles. The topological polar surface area (TPSA) is 49.3 Å². The van der Waals surface area contributed by atoms with Gasteiger partial charge in [0.1, 0.15) is 5.82 Å². The molecule has 1 aromatic carbocycles. The van der Waals surface area contributed by atoms with Crippen molar-refractivity contribution >= 4 is 39.2 Å². The van der Waals surface area contributed by atoms with E-state index in [2.05, 4.69) is 21.2 Å². The number of hydrogen-bond donors (Lipinski definition) is 2. The van der Waals surface area contributed by atoms with Crippen LogP contribution >= 0.6 is 27.5 Å². The Labute approximate surface area is 124 Å². The Balaban J connectivity index is 2.11. The van der Waals surface area contributed by atoms with Crippen LogP contribution in [0, 0.1) is 11.7 Å². The second-order valence-electron chi connectivity index (χ2n) is 4.79. The van der Waals surface area contributed by atoms with Crippen molar-refractivity contribution in [3.05, 3.63) is 27.4 Å². The molecule has 0 aliphatic heterocycles. The molecular weight excluding hydrogens is 337 g/mol. The Morgan fingerprint density at radius 3 is 2.84 bits per heavy atom. The summed E-state index contributed by atoms with van der Waals surface area (Å²) in [7, 11) is 0. The molecule has 6 heteroatoms. The van der Waals surface area contributed by atoms with Crippen molar-refractivity contribution < 1.29 is 14.3 Å². The minimum Gasteiger partial charge on any atom is -0.481 e. The van der Waals surface area contributed by atoms with Crippen molar-refractivity contribution in [2.45, 2.75) is 31.7 Å². The van der Waals surface area contributed by atoms with E-state index < -0.39 is 11.8 Å². The number of aliphatic carboxylic acids is 1. The van der Waals surface area contributed by atoms with Gasteiger partial charge in [-0.25, -0.2) is 4.39 Å². The van der Waals surface area contributed by atoms with Crippen LogP contribution in [0.5, 0.6) is 0 Å². The summed E-state index contributed by atoms with van der Waals surface area (Å²) in [6.07, 6.45) is 3.04. The fourth-order valence-corrected chi connectivity index (χ4v) is 3.35. The average Bonchev–Trinajstić information content (AvgIpc) is 2.34. The molecule has 19 heavy (non-hydrogen) atoms. The highest BCUT2D eigenvalue weighted by atomic mass is 79.9. The normalized spacial score (nSPS) is 23.1. The number of carboxylic acids is 1. The number of hydrogen-bond acceptors (Lipinski definition) is 2. The summed E-state index contributed by atoms with van der Waals surface area (Å²) in [6, 6.07) is 2.63. The molecule has 0 radical (unpaired) electrons. The molecule has 1 saturated carbocycles. The smallest absolute Gasteiger partial charge is 0.306 e. The van der Waals surface area contributed by atoms with Gasteiger partial charge in [-0.2, -0.15) is 0 Å². The molecule has 104 valence electrons. The van der Waals surface area contributed by atoms with Crippen LogP contribution in [0.3, 0.4) is 0 Å². The zero-order valence-electron chi connectivity index (χ0n) is 10.1. The molecule has 0 amide bonds. The van der Waals surface area contributed by atoms with E-state index in [9.17, 15) is 9.18 Å². The molecule has 0 aromatic heterocycles. The highest BCUT2D eigenvalue weighted by molar-refractivity contribution is 9.10. The molecule has 0 spiro atoms. The maximum absolute atomic E-state index is 13.1. The molecule has 2 rings (SSSR count). The van der Waals surface area contributed by atoms with Gasteiger partial charge in [0.2, 0.25) is 0 Å². The lowest BCUT2D eigenvalue weighted by Gasteiger charge is -2.28. The molecule has 0 heterocycles. The van der Waals surface area contributed by atoms with Crippen molar-refractivity contribution in [2.24, 2.45) is 5.92 Å². The molecule has 2 atom stereocenters. The van der Waals surface area contributed by atoms with Crippen LogP contribution in [0.25, 0.3) is 0 Å². The summed E-state index contributed by atoms with van der Waals surface area (Å²) in [5.41, 5.74) is 0.624. The third kappa shape index (κ3) is 3.60. The van der Waals surface area contributed by atoms with Crippen LogP contribution in [0.2, 0.25) is 5.02 Å². The molecule has 2 unspecified atom stereocenters. The third-order valence-corrected chi connectivity index (χ3v) is 4.30. The van der Waals surface area contributed by atoms with E-state index in [1.807, 2.05) is 0 Å². The molecule has 0 bridgehead atoms. The van der Waals surface area contributed by atoms with Gasteiger partial charge in [-0.15, -0.1) is 0 Å². The Kier molecular flexibility index (Phi) is 4.68. The van der Waals surface area contributed by atoms with E-state index in [1.54, 1.807) is 0 Å². The number of benzene rings is 1. The van der Waals surface area contributed by atoms with Crippen molar-refractivity contribution in [3.63, 3.8) is 0 Å². The highest BCUT2D eigenvalue weighted by Crippen LogP contribution is 2.35. The van der Waals surface area contributed by atoms with Crippen molar-refractivity contribution in [1.29, 1.82) is 0 Å². The predicted molar refractivity (Wildman–Crippen MR) is 76.1 cm³/mol. The van der Waals surface area contributed by atoms with Gasteiger partial charge >= 0.3 is 5.97 Å². The lowest BCUT2D eigenvalue weighted by atomic mass is 9.85. The van der Waals surface area contributed by atoms with E-state index >= 15 is 0 Å². The number of nitrogens with one attached hydrogen (secondary N) is 1. The Bertz CT molecular complexity index is 475. The van der Waals surface area contributed by atoms with Gasteiger partial charge in [0, 0.05) is 10.5 Å². The van der Waals surface area contributed by atoms with Gasteiger partial charge in [0.15, 0.2) is 0 Å². The van der Waals surface area contributed by atoms with Gasteiger partial charge in [-0.05, 0) is 47.3 Å². The first-order valence-corrected chi connectivity index (χ1v) is 7.28. The summed E-state index contributed by atoms with van der Waals surface area (Å²) in [4.78, 5) is 11.0. The summed E-state index contributed by atoms with van der Waals surface area (Å²) >= 11 is 9.27. The fourth-order valence-electron chi connectivity index (χ4n) is 2.43. The first-order chi connectivity index (χ1) is 8.97. The van der Waals surface area contributed by atoms with E-state index in [-0.39, 0.29) is 12.0 Å². The van der Waals surface area contributed by atoms with Crippen LogP contribution in [-0.4, -0.2) is 17.1 Å². The Morgan fingerprint density at radius 1 is 1.47 bits per heavy atom. The predicted octanol–water partition coefficient (Wildman–Crippen LogP) is 4.30. The van der Waals surface area contributed by atoms with Gasteiger partial charge < -0.3 is 10.4 Å². The maximum atomic E-state index is 13.1. The van der Waals surface area contributed by atoms with Crippen molar-refractivity contribution in [1.82, 2.24) is 0 Å². The zero-order valence-corrected chi connectivity index (χ0v) is 12.5. The lowest BCUT2D eigenvalue weighted by Crippen LogP contribution is -2.31. The van der Waals surface area contributed by atoms with Crippen molar-refractivity contribution in [3.8, 4) is 0 Å². The summed E-state index contributed by atoms with van der Waals surface area (Å²) in [5, 5.41) is 12.6. The van der Waals surface area contributed by atoms with E-state index in [4.69, 9.17) is 16.7 Å². The van der Waals surface area contributed by atoms with Crippen LogP contribution in [-0.2, 0) is 4.79 Å². The second-order valence-corrected chi connectivity index (χ2v) is 6.05. The number of carboxylic acid groups (broad SMARTS) is 1. The summed E-state index contributed by atoms with van der Waals surface area (Å²) in [6.45, 7) is 0. The number of carbonyl (C=O) groups is 1. The van der Waals surface area contributed by atoms with Crippen LogP contribution in [0.15, 0.2) is 16.6 Å². The van der Waals surface area contributed by atoms with Gasteiger partial charge in [0.05, 0.1) is 16.6 Å². The molecule has 1 fully saturated rings. The molecule has 1 aliphatic carbocycles. The highest BCUT2D eigenvalue weighted by Gasteiger charge is 2.27. The summed E-state index contributed by atoms with van der Waals surface area (Å²) < 4.78 is 13.7. The van der Waals surface area contributed by atoms with Gasteiger partial charge in [-0.3, -0.25) is 4.79 Å². The monoisotopic (exact) mass is 349 g/mol. The van der Waals surface area contributed by atoms with Gasteiger partial charge in [0.25, 0.3) is 0 Å². The first-order valence-electron chi connectivity index (χ1n) is 6.11. The lowest BCUT2D eigenvalue weighted by molar-refractivity contribution is -0.142. The summed E-state index contributed by atoms with van der Waals surface area (Å²) in [5.74, 6) is -1.48. The van der Waals surface area contributed by atoms with Crippen LogP contribution < -0.4 is 5.32 Å². The SMILES string of the molecule is O=C(O)C1CCCC(Nc2c(Cl)cc(F)cc2Br)C1. The largest absolute Gasteiger partial charge is 0.481 e. The third-order valence-electron chi connectivity index (χ3n) is 3.38. The minimum atomic E-state index is -0.754. The first kappa shape index (κ1) is 14.6. The van der Waals surface area contributed by atoms with Crippen molar-refractivity contribution in [2.75, 3.05) is 5.32 Å². The molecule has 1 aromatic rings. The Hall–Kier alpha value is -0.810. The molecular formula is C13H14BrClFNO2. The molecule has 3 nitrogen and oxygen atoms in total. The zero-order chi connectivity index (χ0) is 14.0. The van der Waals surface area contributed by atoms with Gasteiger partial charge in [-0.1, -0.05) is 18.0 Å². The quantitative estimate of drug-likeness (QED) is 0.854. The minimum absolute atomic E-state index is 0.0501. The molecule has 1 aliphatic rings. The van der Waals surface area contributed by atoms with E-state index in [0.29, 0.717) is 28.0 Å². The maximum Gasteiger partial charge on any atom is 0.306 e. The number of halogens is 3. The second kappa shape index (κ2) is 6.09. The Morgan fingerprint density at radius 2 is 2.21 bits per heavy atom. The number of anilines is 1. The number of rotatable bonds is 3. The van der Waals surface area contributed by atoms with E-state index in [0.717, 1.165) is 12.8 Å². The average molecular weight is 351 g/mol. The van der Waals surface area contributed by atoms with E-state index in [1.165, 1.54) is 12.1 Å². The fraction of sp³-hybridized carbons (Fsp3) is 0.462. The molecule has 2 N–H and O–H groups in total. The standard InChI is InChI=1S/C13H14BrClFNO2/c14-10-5-8(16)6-11(15)12(10)17-9-3-1-2-7(4-9)13(18)19/h5-7,9,17H,1-4H2,(H,18,19).